The van der Waals surface area contributed by atoms with E-state index in [0.717, 1.165) is 44.0 Å². The maximum Gasteiger partial charge on any atom is 0.256 e. The first-order valence-electron chi connectivity index (χ1n) is 12.8. The number of nitrogens with zero attached hydrogens (tertiary/aromatic N) is 3. The van der Waals surface area contributed by atoms with Gasteiger partial charge in [0.1, 0.15) is 11.6 Å². The Hall–Kier alpha value is -3.82. The number of halogens is 2. The van der Waals surface area contributed by atoms with Crippen LogP contribution in [0.15, 0.2) is 66.7 Å². The van der Waals surface area contributed by atoms with Crippen LogP contribution in [0.5, 0.6) is 0 Å². The first-order chi connectivity index (χ1) is 18.5. The minimum Gasteiger partial charge on any atom is -0.378 e. The van der Waals surface area contributed by atoms with E-state index in [9.17, 15) is 18.4 Å². The highest BCUT2D eigenvalue weighted by atomic mass is 19.1. The van der Waals surface area contributed by atoms with Gasteiger partial charge >= 0.3 is 0 Å². The Bertz CT molecular complexity index is 1290. The molecule has 2 saturated heterocycles. The summed E-state index contributed by atoms with van der Waals surface area (Å²) in [5, 5.41) is 2.80. The van der Waals surface area contributed by atoms with Gasteiger partial charge in [0.05, 0.1) is 18.8 Å². The third-order valence-corrected chi connectivity index (χ3v) is 6.90. The minimum absolute atomic E-state index is 0.112. The molecule has 0 atom stereocenters. The zero-order valence-corrected chi connectivity index (χ0v) is 21.0. The van der Waals surface area contributed by atoms with Crippen molar-refractivity contribution in [3.05, 3.63) is 95.1 Å². The Kier molecular flexibility index (Phi) is 7.95. The fourth-order valence-corrected chi connectivity index (χ4v) is 4.83. The molecular weight excluding hydrogens is 490 g/mol. The first-order valence-corrected chi connectivity index (χ1v) is 12.8. The van der Waals surface area contributed by atoms with E-state index in [1.165, 1.54) is 36.4 Å². The molecule has 7 nitrogen and oxygen atoms in total. The summed E-state index contributed by atoms with van der Waals surface area (Å²) in [6.45, 7) is 5.74. The van der Waals surface area contributed by atoms with E-state index in [2.05, 4.69) is 15.1 Å². The molecular formula is C29H30F2N4O3. The zero-order chi connectivity index (χ0) is 26.5. The number of nitrogens with one attached hydrogen (secondary N) is 1. The second kappa shape index (κ2) is 11.7. The lowest BCUT2D eigenvalue weighted by Gasteiger charge is -2.37. The number of carbonyl (C=O) groups excluding carboxylic acids is 2. The molecule has 2 aliphatic heterocycles. The quantitative estimate of drug-likeness (QED) is 0.532. The smallest absolute Gasteiger partial charge is 0.256 e. The van der Waals surface area contributed by atoms with Crippen molar-refractivity contribution in [3.8, 4) is 0 Å². The number of rotatable bonds is 6. The molecule has 3 aromatic rings. The summed E-state index contributed by atoms with van der Waals surface area (Å²) in [5.41, 5.74) is 3.05. The summed E-state index contributed by atoms with van der Waals surface area (Å²) in [6, 6.07) is 17.4. The average Bonchev–Trinajstić information content (AvgIpc) is 2.95. The number of piperazine rings is 1. The van der Waals surface area contributed by atoms with Crippen LogP contribution < -0.4 is 10.2 Å². The molecule has 0 aromatic heterocycles. The van der Waals surface area contributed by atoms with E-state index in [1.807, 2.05) is 6.07 Å². The summed E-state index contributed by atoms with van der Waals surface area (Å²) in [6.07, 6.45) is 0. The first kappa shape index (κ1) is 25.8. The van der Waals surface area contributed by atoms with Gasteiger partial charge in [0.15, 0.2) is 0 Å². The van der Waals surface area contributed by atoms with Gasteiger partial charge in [0.25, 0.3) is 11.8 Å². The van der Waals surface area contributed by atoms with Crippen molar-refractivity contribution in [2.75, 3.05) is 62.7 Å². The number of morpholine rings is 1. The lowest BCUT2D eigenvalue weighted by atomic mass is 10.1. The molecule has 2 heterocycles. The normalized spacial score (nSPS) is 16.4. The molecule has 198 valence electrons. The molecule has 0 bridgehead atoms. The van der Waals surface area contributed by atoms with Gasteiger partial charge in [-0.1, -0.05) is 18.2 Å². The number of ether oxygens (including phenoxy) is 1. The van der Waals surface area contributed by atoms with Crippen molar-refractivity contribution in [1.29, 1.82) is 0 Å². The van der Waals surface area contributed by atoms with Crippen LogP contribution in [-0.4, -0.2) is 74.1 Å². The van der Waals surface area contributed by atoms with Gasteiger partial charge < -0.3 is 19.9 Å². The fraction of sp³-hybridized carbons (Fsp3) is 0.310. The summed E-state index contributed by atoms with van der Waals surface area (Å²) in [5.74, 6) is -1.29. The van der Waals surface area contributed by atoms with Crippen molar-refractivity contribution in [2.45, 2.75) is 6.54 Å². The Morgan fingerprint density at radius 1 is 0.816 bits per heavy atom. The van der Waals surface area contributed by atoms with Gasteiger partial charge in [0.2, 0.25) is 0 Å². The van der Waals surface area contributed by atoms with Gasteiger partial charge in [-0.25, -0.2) is 8.78 Å². The van der Waals surface area contributed by atoms with Crippen molar-refractivity contribution < 1.29 is 23.1 Å². The Morgan fingerprint density at radius 2 is 1.55 bits per heavy atom. The lowest BCUT2D eigenvalue weighted by Crippen LogP contribution is -2.47. The molecule has 0 spiro atoms. The predicted molar refractivity (Wildman–Crippen MR) is 141 cm³/mol. The average molecular weight is 521 g/mol. The molecule has 5 rings (SSSR count). The third-order valence-electron chi connectivity index (χ3n) is 6.90. The van der Waals surface area contributed by atoms with E-state index in [1.54, 1.807) is 29.2 Å². The molecule has 2 aliphatic rings. The predicted octanol–water partition coefficient (Wildman–Crippen LogP) is 4.01. The summed E-state index contributed by atoms with van der Waals surface area (Å²) in [7, 11) is 0. The SMILES string of the molecule is O=C(Nc1ccc(N2CCN(Cc3ccc(F)cc3)CC2)c(C(=O)N2CCOCC2)c1)c1cccc(F)c1. The highest BCUT2D eigenvalue weighted by Crippen LogP contribution is 2.28. The Balaban J connectivity index is 1.33. The highest BCUT2D eigenvalue weighted by molar-refractivity contribution is 6.06. The monoisotopic (exact) mass is 520 g/mol. The van der Waals surface area contributed by atoms with Crippen LogP contribution in [-0.2, 0) is 11.3 Å². The molecule has 0 unspecified atom stereocenters. The van der Waals surface area contributed by atoms with E-state index in [-0.39, 0.29) is 17.3 Å². The number of amides is 2. The second-order valence-corrected chi connectivity index (χ2v) is 9.49. The van der Waals surface area contributed by atoms with Crippen LogP contribution in [0.3, 0.4) is 0 Å². The van der Waals surface area contributed by atoms with E-state index in [4.69, 9.17) is 4.74 Å². The molecule has 38 heavy (non-hydrogen) atoms. The van der Waals surface area contributed by atoms with Crippen LogP contribution >= 0.6 is 0 Å². The maximum atomic E-state index is 13.6. The van der Waals surface area contributed by atoms with Gasteiger partial charge in [-0.2, -0.15) is 0 Å². The van der Waals surface area contributed by atoms with Gasteiger partial charge in [-0.3, -0.25) is 14.5 Å². The van der Waals surface area contributed by atoms with Gasteiger partial charge in [-0.05, 0) is 54.1 Å². The highest BCUT2D eigenvalue weighted by Gasteiger charge is 2.26. The van der Waals surface area contributed by atoms with E-state index < -0.39 is 11.7 Å². The number of benzene rings is 3. The van der Waals surface area contributed by atoms with E-state index >= 15 is 0 Å². The molecule has 9 heteroatoms. The maximum absolute atomic E-state index is 13.6. The van der Waals surface area contributed by atoms with Crippen molar-refractivity contribution in [3.63, 3.8) is 0 Å². The standard InChI is InChI=1S/C29H30F2N4O3/c30-23-6-4-21(5-7-23)20-33-10-12-34(13-11-33)27-9-8-25(32-28(36)22-2-1-3-24(31)18-22)19-26(27)29(37)35-14-16-38-17-15-35/h1-9,18-19H,10-17,20H2,(H,32,36). The largest absolute Gasteiger partial charge is 0.378 e. The van der Waals surface area contributed by atoms with Crippen LogP contribution in [0.25, 0.3) is 0 Å². The molecule has 0 radical (unpaired) electrons. The van der Waals surface area contributed by atoms with Crippen molar-refractivity contribution >= 4 is 23.2 Å². The molecule has 2 amide bonds. The molecule has 0 saturated carbocycles. The number of anilines is 2. The topological polar surface area (TPSA) is 65.1 Å². The molecule has 1 N–H and O–H groups in total. The number of hydrogen-bond acceptors (Lipinski definition) is 5. The van der Waals surface area contributed by atoms with Gasteiger partial charge in [-0.15, -0.1) is 0 Å². The van der Waals surface area contributed by atoms with Crippen LogP contribution in [0, 0.1) is 11.6 Å². The fourth-order valence-electron chi connectivity index (χ4n) is 4.83. The van der Waals surface area contributed by atoms with Crippen molar-refractivity contribution in [1.82, 2.24) is 9.80 Å². The molecule has 0 aliphatic carbocycles. The Morgan fingerprint density at radius 3 is 2.26 bits per heavy atom. The third kappa shape index (κ3) is 6.17. The molecule has 3 aromatic carbocycles. The summed E-state index contributed by atoms with van der Waals surface area (Å²) >= 11 is 0. The minimum atomic E-state index is -0.491. The van der Waals surface area contributed by atoms with Crippen LogP contribution in [0.1, 0.15) is 26.3 Å². The van der Waals surface area contributed by atoms with Gasteiger partial charge in [0, 0.05) is 62.8 Å². The second-order valence-electron chi connectivity index (χ2n) is 9.49. The number of carbonyl (C=O) groups is 2. The summed E-state index contributed by atoms with van der Waals surface area (Å²) in [4.78, 5) is 32.6. The van der Waals surface area contributed by atoms with Crippen LogP contribution in [0.4, 0.5) is 20.2 Å². The summed E-state index contributed by atoms with van der Waals surface area (Å²) < 4.78 is 32.3. The van der Waals surface area contributed by atoms with E-state index in [0.29, 0.717) is 37.6 Å². The van der Waals surface area contributed by atoms with Crippen molar-refractivity contribution in [2.24, 2.45) is 0 Å². The van der Waals surface area contributed by atoms with Crippen LogP contribution in [0.2, 0.25) is 0 Å². The number of hydrogen-bond donors (Lipinski definition) is 1. The Labute approximate surface area is 220 Å². The molecule has 2 fully saturated rings. The lowest BCUT2D eigenvalue weighted by molar-refractivity contribution is 0.0303. The zero-order valence-electron chi connectivity index (χ0n) is 21.0.